The molecule has 0 radical (unpaired) electrons. The molecule has 1 aromatic heterocycles. The summed E-state index contributed by atoms with van der Waals surface area (Å²) in [5.74, 6) is 0. The number of halogens is 2. The highest BCUT2D eigenvalue weighted by Gasteiger charge is 2.14. The first kappa shape index (κ1) is 14.8. The Balaban J connectivity index is 2.34. The van der Waals surface area contributed by atoms with E-state index in [-0.39, 0.29) is 0 Å². The van der Waals surface area contributed by atoms with Gasteiger partial charge < -0.3 is 0 Å². The summed E-state index contributed by atoms with van der Waals surface area (Å²) in [4.78, 5) is 0. The van der Waals surface area contributed by atoms with Crippen LogP contribution in [-0.4, -0.2) is 15.0 Å². The van der Waals surface area contributed by atoms with Crippen LogP contribution in [0.25, 0.3) is 0 Å². The van der Waals surface area contributed by atoms with Crippen molar-refractivity contribution in [2.45, 2.75) is 32.7 Å². The van der Waals surface area contributed by atoms with Crippen molar-refractivity contribution in [2.75, 3.05) is 0 Å². The Labute approximate surface area is 127 Å². The second kappa shape index (κ2) is 6.74. The van der Waals surface area contributed by atoms with Gasteiger partial charge in [0.05, 0.1) is 12.2 Å². The van der Waals surface area contributed by atoms with Crippen LogP contribution in [0, 0.1) is 11.3 Å². The molecule has 0 amide bonds. The first-order chi connectivity index (χ1) is 9.67. The maximum absolute atomic E-state index is 9.09. The van der Waals surface area contributed by atoms with E-state index in [1.165, 1.54) is 0 Å². The van der Waals surface area contributed by atoms with E-state index >= 15 is 0 Å². The van der Waals surface area contributed by atoms with E-state index in [2.05, 4.69) is 23.3 Å². The molecular formula is C14H14Cl2N4. The number of hydrogen-bond donors (Lipinski definition) is 0. The zero-order chi connectivity index (χ0) is 14.5. The third kappa shape index (κ3) is 3.12. The summed E-state index contributed by atoms with van der Waals surface area (Å²) in [5.41, 5.74) is 2.01. The van der Waals surface area contributed by atoms with Gasteiger partial charge in [0, 0.05) is 15.6 Å². The molecule has 0 unspecified atom stereocenters. The lowest BCUT2D eigenvalue weighted by atomic mass is 10.1. The molecule has 0 spiro atoms. The molecular weight excluding hydrogens is 295 g/mol. The summed E-state index contributed by atoms with van der Waals surface area (Å²) in [5, 5.41) is 18.2. The Kier molecular flexibility index (Phi) is 4.99. The fourth-order valence-electron chi connectivity index (χ4n) is 1.97. The van der Waals surface area contributed by atoms with Gasteiger partial charge in [-0.25, -0.2) is 4.68 Å². The minimum Gasteiger partial charge on any atom is -0.243 e. The molecule has 0 N–H and O–H groups in total. The first-order valence-electron chi connectivity index (χ1n) is 6.42. The van der Waals surface area contributed by atoms with Crippen molar-refractivity contribution >= 4 is 23.2 Å². The zero-order valence-electron chi connectivity index (χ0n) is 11.1. The quantitative estimate of drug-likeness (QED) is 0.843. The molecule has 104 valence electrons. The van der Waals surface area contributed by atoms with Crippen molar-refractivity contribution in [3.63, 3.8) is 0 Å². The molecule has 0 fully saturated rings. The average Bonchev–Trinajstić information content (AvgIpc) is 2.82. The van der Waals surface area contributed by atoms with E-state index in [0.717, 1.165) is 30.5 Å². The lowest BCUT2D eigenvalue weighted by molar-refractivity contribution is 0.606. The summed E-state index contributed by atoms with van der Waals surface area (Å²) in [7, 11) is 0. The molecule has 2 rings (SSSR count). The van der Waals surface area contributed by atoms with E-state index in [4.69, 9.17) is 28.5 Å². The number of rotatable bonds is 5. The highest BCUT2D eigenvalue weighted by molar-refractivity contribution is 6.35. The normalized spacial score (nSPS) is 10.5. The van der Waals surface area contributed by atoms with E-state index < -0.39 is 0 Å². The fraction of sp³-hybridized carbons (Fsp3) is 0.357. The molecule has 0 saturated heterocycles. The smallest absolute Gasteiger partial charge is 0.185 e. The third-order valence-corrected chi connectivity index (χ3v) is 3.79. The number of aromatic nitrogens is 3. The maximum atomic E-state index is 9.09. The van der Waals surface area contributed by atoms with Gasteiger partial charge in [-0.2, -0.15) is 5.26 Å². The topological polar surface area (TPSA) is 54.5 Å². The van der Waals surface area contributed by atoms with Crippen LogP contribution in [0.15, 0.2) is 18.2 Å². The molecule has 0 saturated carbocycles. The van der Waals surface area contributed by atoms with E-state index in [9.17, 15) is 0 Å². The standard InChI is InChI=1S/C14H14Cl2N4/c1-2-3-7-14-13(8-17)18-19-20(14)9-10-11(15)5-4-6-12(10)16/h4-6H,2-3,7,9H2,1H3. The summed E-state index contributed by atoms with van der Waals surface area (Å²) in [6.45, 7) is 2.53. The predicted molar refractivity (Wildman–Crippen MR) is 78.9 cm³/mol. The van der Waals surface area contributed by atoms with Gasteiger partial charge in [0.1, 0.15) is 6.07 Å². The Morgan fingerprint density at radius 1 is 1.30 bits per heavy atom. The van der Waals surface area contributed by atoms with E-state index in [1.807, 2.05) is 0 Å². The van der Waals surface area contributed by atoms with Crippen LogP contribution in [0.5, 0.6) is 0 Å². The lowest BCUT2D eigenvalue weighted by Crippen LogP contribution is -2.08. The third-order valence-electron chi connectivity index (χ3n) is 3.08. The number of nitrogens with zero attached hydrogens (tertiary/aromatic N) is 4. The highest BCUT2D eigenvalue weighted by Crippen LogP contribution is 2.25. The van der Waals surface area contributed by atoms with E-state index in [0.29, 0.717) is 22.3 Å². The van der Waals surface area contributed by atoms with Crippen molar-refractivity contribution in [1.82, 2.24) is 15.0 Å². The first-order valence-corrected chi connectivity index (χ1v) is 7.18. The largest absolute Gasteiger partial charge is 0.243 e. The summed E-state index contributed by atoms with van der Waals surface area (Å²) < 4.78 is 1.71. The molecule has 20 heavy (non-hydrogen) atoms. The van der Waals surface area contributed by atoms with Crippen molar-refractivity contribution in [2.24, 2.45) is 0 Å². The number of hydrogen-bond acceptors (Lipinski definition) is 3. The summed E-state index contributed by atoms with van der Waals surface area (Å²) in [6.07, 6.45) is 2.80. The Bertz CT molecular complexity index is 623. The molecule has 1 aromatic carbocycles. The molecule has 6 heteroatoms. The van der Waals surface area contributed by atoms with Gasteiger partial charge in [0.25, 0.3) is 0 Å². The van der Waals surface area contributed by atoms with Gasteiger partial charge in [-0.15, -0.1) is 5.10 Å². The monoisotopic (exact) mass is 308 g/mol. The SMILES string of the molecule is CCCCc1c(C#N)nnn1Cc1c(Cl)cccc1Cl. The lowest BCUT2D eigenvalue weighted by Gasteiger charge is -2.09. The second-order valence-corrected chi connectivity index (χ2v) is 5.27. The van der Waals surface area contributed by atoms with E-state index in [1.54, 1.807) is 22.9 Å². The summed E-state index contributed by atoms with van der Waals surface area (Å²) >= 11 is 12.3. The summed E-state index contributed by atoms with van der Waals surface area (Å²) in [6, 6.07) is 7.46. The number of nitriles is 1. The van der Waals surface area contributed by atoms with Crippen LogP contribution in [0.2, 0.25) is 10.0 Å². The molecule has 0 aliphatic heterocycles. The maximum Gasteiger partial charge on any atom is 0.185 e. The number of unbranched alkanes of at least 4 members (excludes halogenated alkanes) is 1. The minimum atomic E-state index is 0.377. The number of benzene rings is 1. The molecule has 0 aliphatic carbocycles. The molecule has 1 heterocycles. The van der Waals surface area contributed by atoms with Crippen LogP contribution in [0.1, 0.15) is 36.7 Å². The second-order valence-electron chi connectivity index (χ2n) is 4.46. The van der Waals surface area contributed by atoms with Crippen molar-refractivity contribution in [3.8, 4) is 6.07 Å². The van der Waals surface area contributed by atoms with Gasteiger partial charge >= 0.3 is 0 Å². The Morgan fingerprint density at radius 2 is 2.00 bits per heavy atom. The van der Waals surface area contributed by atoms with Crippen molar-refractivity contribution < 1.29 is 0 Å². The van der Waals surface area contributed by atoms with Crippen LogP contribution in [0.4, 0.5) is 0 Å². The van der Waals surface area contributed by atoms with Crippen LogP contribution < -0.4 is 0 Å². The van der Waals surface area contributed by atoms with Crippen LogP contribution in [0.3, 0.4) is 0 Å². The van der Waals surface area contributed by atoms with Gasteiger partial charge in [0.2, 0.25) is 0 Å². The van der Waals surface area contributed by atoms with Crippen LogP contribution in [-0.2, 0) is 13.0 Å². The zero-order valence-corrected chi connectivity index (χ0v) is 12.6. The van der Waals surface area contributed by atoms with Crippen LogP contribution >= 0.6 is 23.2 Å². The molecule has 0 aliphatic rings. The Morgan fingerprint density at radius 3 is 2.60 bits per heavy atom. The highest BCUT2D eigenvalue weighted by atomic mass is 35.5. The Hall–Kier alpha value is -1.57. The molecule has 0 atom stereocenters. The van der Waals surface area contributed by atoms with Gasteiger partial charge in [-0.1, -0.05) is 47.8 Å². The molecule has 0 bridgehead atoms. The van der Waals surface area contributed by atoms with Gasteiger partial charge in [-0.3, -0.25) is 0 Å². The van der Waals surface area contributed by atoms with Gasteiger partial charge in [0.15, 0.2) is 5.69 Å². The minimum absolute atomic E-state index is 0.377. The van der Waals surface area contributed by atoms with Crippen molar-refractivity contribution in [1.29, 1.82) is 5.26 Å². The van der Waals surface area contributed by atoms with Gasteiger partial charge in [-0.05, 0) is 25.0 Å². The molecule has 2 aromatic rings. The van der Waals surface area contributed by atoms with Crippen molar-refractivity contribution in [3.05, 3.63) is 45.2 Å². The molecule has 4 nitrogen and oxygen atoms in total. The predicted octanol–water partition coefficient (Wildman–Crippen LogP) is 3.85. The fourth-order valence-corrected chi connectivity index (χ4v) is 2.49. The average molecular weight is 309 g/mol.